The number of carbonyl (C=O) groups excluding carboxylic acids is 3. The Balaban J connectivity index is 1.48. The summed E-state index contributed by atoms with van der Waals surface area (Å²) in [5.41, 5.74) is 0.754. The van der Waals surface area contributed by atoms with Crippen LogP contribution >= 0.6 is 11.6 Å². The summed E-state index contributed by atoms with van der Waals surface area (Å²) in [5.74, 6) is -0.171. The molecule has 11 nitrogen and oxygen atoms in total. The topological polar surface area (TPSA) is 122 Å². The van der Waals surface area contributed by atoms with Gasteiger partial charge in [-0.1, -0.05) is 16.8 Å². The second-order valence-corrected chi connectivity index (χ2v) is 7.55. The van der Waals surface area contributed by atoms with E-state index in [0.717, 1.165) is 4.90 Å². The molecule has 1 N–H and O–H groups in total. The number of carbonyl (C=O) groups is 3. The molecule has 12 heteroatoms. The van der Waals surface area contributed by atoms with Gasteiger partial charge in [0.15, 0.2) is 23.6 Å². The van der Waals surface area contributed by atoms with Crippen molar-refractivity contribution in [1.82, 2.24) is 5.01 Å². The molecule has 0 aromatic heterocycles. The molecule has 172 valence electrons. The Kier molecular flexibility index (Phi) is 6.05. The average molecular weight is 474 g/mol. The van der Waals surface area contributed by atoms with Gasteiger partial charge in [-0.05, 0) is 30.3 Å². The van der Waals surface area contributed by atoms with Crippen LogP contribution in [0, 0.1) is 0 Å². The normalized spacial score (nSPS) is 19.0. The Morgan fingerprint density at radius 1 is 1.00 bits per heavy atom. The van der Waals surface area contributed by atoms with E-state index in [1.165, 1.54) is 32.4 Å². The van der Waals surface area contributed by atoms with E-state index < -0.39 is 29.8 Å². The largest absolute Gasteiger partial charge is 0.495 e. The fraction of sp³-hybridized carbons (Fsp3) is 0.286. The van der Waals surface area contributed by atoms with Gasteiger partial charge in [0.25, 0.3) is 11.8 Å². The zero-order valence-electron chi connectivity index (χ0n) is 17.9. The molecule has 2 aliphatic rings. The van der Waals surface area contributed by atoms with Crippen LogP contribution in [0.2, 0.25) is 5.02 Å². The number of anilines is 2. The van der Waals surface area contributed by atoms with Crippen molar-refractivity contribution in [3.05, 3.63) is 41.4 Å². The van der Waals surface area contributed by atoms with Crippen LogP contribution in [0.4, 0.5) is 11.4 Å². The van der Waals surface area contributed by atoms with Crippen molar-refractivity contribution in [2.45, 2.75) is 12.1 Å². The molecule has 4 rings (SSSR count). The SMILES string of the molecule is COc1ccc(N2C(=O)[C@@H]3N=NN(CC(=O)Nc4ccc(OC)c(OC)c4)[C@H]3C2=O)cc1Cl. The van der Waals surface area contributed by atoms with E-state index in [0.29, 0.717) is 22.9 Å². The van der Waals surface area contributed by atoms with Crippen molar-refractivity contribution < 1.29 is 28.6 Å². The molecular weight excluding hydrogens is 454 g/mol. The van der Waals surface area contributed by atoms with E-state index in [9.17, 15) is 14.4 Å². The molecule has 2 atom stereocenters. The number of methoxy groups -OCH3 is 3. The van der Waals surface area contributed by atoms with Gasteiger partial charge < -0.3 is 19.5 Å². The van der Waals surface area contributed by atoms with Gasteiger partial charge in [0.2, 0.25) is 5.91 Å². The van der Waals surface area contributed by atoms with Crippen LogP contribution in [-0.4, -0.2) is 62.7 Å². The predicted octanol–water partition coefficient (Wildman–Crippen LogP) is 2.30. The van der Waals surface area contributed by atoms with Gasteiger partial charge in [-0.15, -0.1) is 0 Å². The molecule has 1 fully saturated rings. The highest BCUT2D eigenvalue weighted by Crippen LogP contribution is 2.35. The molecule has 1 saturated heterocycles. The molecule has 2 aliphatic heterocycles. The maximum absolute atomic E-state index is 13.1. The van der Waals surface area contributed by atoms with E-state index in [1.54, 1.807) is 30.3 Å². The maximum Gasteiger partial charge on any atom is 0.263 e. The van der Waals surface area contributed by atoms with Crippen molar-refractivity contribution in [3.63, 3.8) is 0 Å². The lowest BCUT2D eigenvalue weighted by Crippen LogP contribution is -2.43. The molecule has 0 spiro atoms. The quantitative estimate of drug-likeness (QED) is 0.612. The number of rotatable bonds is 7. The van der Waals surface area contributed by atoms with Crippen molar-refractivity contribution in [2.75, 3.05) is 38.1 Å². The number of halogens is 1. The zero-order chi connectivity index (χ0) is 23.7. The van der Waals surface area contributed by atoms with Crippen LogP contribution in [0.3, 0.4) is 0 Å². The van der Waals surface area contributed by atoms with E-state index in [2.05, 4.69) is 15.7 Å². The Morgan fingerprint density at radius 3 is 2.36 bits per heavy atom. The minimum atomic E-state index is -1.03. The molecule has 0 radical (unpaired) electrons. The van der Waals surface area contributed by atoms with Crippen LogP contribution in [0.15, 0.2) is 46.7 Å². The first-order valence-electron chi connectivity index (χ1n) is 9.78. The summed E-state index contributed by atoms with van der Waals surface area (Å²) in [6.07, 6.45) is 0. The van der Waals surface area contributed by atoms with Gasteiger partial charge >= 0.3 is 0 Å². The lowest BCUT2D eigenvalue weighted by atomic mass is 10.1. The van der Waals surface area contributed by atoms with Gasteiger partial charge in [0.1, 0.15) is 12.3 Å². The molecule has 2 heterocycles. The summed E-state index contributed by atoms with van der Waals surface area (Å²) in [7, 11) is 4.45. The molecule has 0 saturated carbocycles. The summed E-state index contributed by atoms with van der Waals surface area (Å²) in [4.78, 5) is 39.5. The first kappa shape index (κ1) is 22.3. The lowest BCUT2D eigenvalue weighted by molar-refractivity contribution is -0.123. The first-order valence-corrected chi connectivity index (χ1v) is 10.2. The number of ether oxygens (including phenoxy) is 3. The van der Waals surface area contributed by atoms with Gasteiger partial charge in [-0.2, -0.15) is 5.11 Å². The first-order chi connectivity index (χ1) is 15.9. The Labute approximate surface area is 193 Å². The van der Waals surface area contributed by atoms with Crippen LogP contribution in [0.5, 0.6) is 17.2 Å². The average Bonchev–Trinajstić information content (AvgIpc) is 3.32. The highest BCUT2D eigenvalue weighted by atomic mass is 35.5. The zero-order valence-corrected chi connectivity index (χ0v) is 18.7. The summed E-state index contributed by atoms with van der Waals surface area (Å²) < 4.78 is 15.5. The standard InChI is InChI=1S/C21H20ClN5O6/c1-31-14-7-5-12(9-13(14)22)27-20(29)18-19(21(27)30)26(25-24-18)10-17(28)23-11-4-6-15(32-2)16(8-11)33-3/h4-9,18-19H,10H2,1-3H3,(H,23,28)/t18-,19-/m1/s1. The highest BCUT2D eigenvalue weighted by Gasteiger charge is 2.55. The number of nitrogens with zero attached hydrogens (tertiary/aromatic N) is 4. The van der Waals surface area contributed by atoms with Crippen molar-refractivity contribution in [3.8, 4) is 17.2 Å². The molecule has 33 heavy (non-hydrogen) atoms. The highest BCUT2D eigenvalue weighted by molar-refractivity contribution is 6.33. The number of imide groups is 1. The molecular formula is C21H20ClN5O6. The minimum absolute atomic E-state index is 0.250. The van der Waals surface area contributed by atoms with Crippen LogP contribution in [0.1, 0.15) is 0 Å². The molecule has 0 aliphatic carbocycles. The number of benzene rings is 2. The summed E-state index contributed by atoms with van der Waals surface area (Å²) in [6.45, 7) is -0.282. The Hall–Kier alpha value is -3.86. The molecule has 0 unspecified atom stereocenters. The van der Waals surface area contributed by atoms with E-state index in [1.807, 2.05) is 0 Å². The smallest absolute Gasteiger partial charge is 0.263 e. The summed E-state index contributed by atoms with van der Waals surface area (Å²) in [5, 5.41) is 11.9. The van der Waals surface area contributed by atoms with Crippen molar-refractivity contribution in [1.29, 1.82) is 0 Å². The van der Waals surface area contributed by atoms with Crippen molar-refractivity contribution >= 4 is 40.7 Å². The molecule has 2 aromatic carbocycles. The van der Waals surface area contributed by atoms with Crippen LogP contribution < -0.4 is 24.4 Å². The van der Waals surface area contributed by atoms with Crippen LogP contribution in [-0.2, 0) is 14.4 Å². The van der Waals surface area contributed by atoms with E-state index in [-0.39, 0.29) is 17.3 Å². The lowest BCUT2D eigenvalue weighted by Gasteiger charge is -2.20. The predicted molar refractivity (Wildman–Crippen MR) is 118 cm³/mol. The second kappa shape index (κ2) is 8.94. The molecule has 2 aromatic rings. The van der Waals surface area contributed by atoms with Gasteiger partial charge in [-0.3, -0.25) is 19.4 Å². The minimum Gasteiger partial charge on any atom is -0.495 e. The number of hydrogen-bond acceptors (Lipinski definition) is 9. The van der Waals surface area contributed by atoms with E-state index in [4.69, 9.17) is 25.8 Å². The maximum atomic E-state index is 13.1. The number of amides is 3. The Bertz CT molecular complexity index is 1160. The number of nitrogens with one attached hydrogen (secondary N) is 1. The summed E-state index contributed by atoms with van der Waals surface area (Å²) in [6, 6.07) is 7.41. The Morgan fingerprint density at radius 2 is 1.70 bits per heavy atom. The van der Waals surface area contributed by atoms with Gasteiger partial charge in [0.05, 0.1) is 32.0 Å². The number of fused-ring (bicyclic) bond motifs is 1. The van der Waals surface area contributed by atoms with E-state index >= 15 is 0 Å². The van der Waals surface area contributed by atoms with Crippen LogP contribution in [0.25, 0.3) is 0 Å². The second-order valence-electron chi connectivity index (χ2n) is 7.14. The monoisotopic (exact) mass is 473 g/mol. The van der Waals surface area contributed by atoms with Crippen molar-refractivity contribution in [2.24, 2.45) is 10.3 Å². The molecule has 3 amide bonds. The molecule has 0 bridgehead atoms. The van der Waals surface area contributed by atoms with Gasteiger partial charge in [-0.25, -0.2) is 4.90 Å². The third-order valence-corrected chi connectivity index (χ3v) is 5.52. The summed E-state index contributed by atoms with van der Waals surface area (Å²) >= 11 is 6.14. The fourth-order valence-electron chi connectivity index (χ4n) is 3.66. The third kappa shape index (κ3) is 4.02. The number of hydrogen-bond donors (Lipinski definition) is 1. The fourth-order valence-corrected chi connectivity index (χ4v) is 3.92. The third-order valence-electron chi connectivity index (χ3n) is 5.22. The van der Waals surface area contributed by atoms with Gasteiger partial charge in [0, 0.05) is 11.8 Å².